The fourth-order valence-electron chi connectivity index (χ4n) is 2.01. The fourth-order valence-corrected chi connectivity index (χ4v) is 2.13. The molecule has 0 bridgehead atoms. The van der Waals surface area contributed by atoms with E-state index in [0.29, 0.717) is 11.6 Å². The predicted molar refractivity (Wildman–Crippen MR) is 66.3 cm³/mol. The van der Waals surface area contributed by atoms with Crippen LogP contribution in [0.25, 0.3) is 0 Å². The zero-order chi connectivity index (χ0) is 11.5. The van der Waals surface area contributed by atoms with Gasteiger partial charge in [0.2, 0.25) is 0 Å². The Morgan fingerprint density at radius 1 is 1.44 bits per heavy atom. The van der Waals surface area contributed by atoms with Gasteiger partial charge in [-0.15, -0.1) is 0 Å². The number of halogens is 1. The topological polar surface area (TPSA) is 32.3 Å². The lowest BCUT2D eigenvalue weighted by Gasteiger charge is -2.35. The van der Waals surface area contributed by atoms with Gasteiger partial charge in [0.25, 0.3) is 5.24 Å². The Balaban J connectivity index is 2.17. The van der Waals surface area contributed by atoms with Crippen molar-refractivity contribution in [2.75, 3.05) is 24.5 Å². The van der Waals surface area contributed by atoms with Crippen LogP contribution in [-0.4, -0.2) is 30.9 Å². The van der Waals surface area contributed by atoms with Crippen LogP contribution in [0.5, 0.6) is 0 Å². The highest BCUT2D eigenvalue weighted by molar-refractivity contribution is 6.67. The molecule has 0 saturated carbocycles. The van der Waals surface area contributed by atoms with Crippen molar-refractivity contribution in [1.82, 2.24) is 5.32 Å². The molecule has 2 rings (SSSR count). The van der Waals surface area contributed by atoms with Crippen LogP contribution in [0.4, 0.5) is 5.69 Å². The van der Waals surface area contributed by atoms with E-state index in [1.807, 2.05) is 12.1 Å². The number of nitrogens with one attached hydrogen (secondary N) is 1. The van der Waals surface area contributed by atoms with Crippen LogP contribution in [0.2, 0.25) is 0 Å². The van der Waals surface area contributed by atoms with Gasteiger partial charge >= 0.3 is 0 Å². The molecule has 1 unspecified atom stereocenters. The summed E-state index contributed by atoms with van der Waals surface area (Å²) in [6, 6.07) is 7.94. The molecule has 0 radical (unpaired) electrons. The molecular weight excluding hydrogens is 224 g/mol. The van der Waals surface area contributed by atoms with E-state index in [-0.39, 0.29) is 0 Å². The number of nitrogens with zero attached hydrogens (tertiary/aromatic N) is 1. The first-order valence-corrected chi connectivity index (χ1v) is 5.83. The molecule has 1 fully saturated rings. The average Bonchev–Trinajstić information content (AvgIpc) is 2.30. The molecule has 4 heteroatoms. The standard InChI is InChI=1S/C12H15ClN2O/c1-9-8-14-6-7-15(9)11-4-2-10(3-5-11)12(13)16/h2-5,9,14H,6-8H2,1H3. The van der Waals surface area contributed by atoms with Crippen LogP contribution in [0, 0.1) is 0 Å². The quantitative estimate of drug-likeness (QED) is 0.799. The van der Waals surface area contributed by atoms with Crippen molar-refractivity contribution < 1.29 is 4.79 Å². The lowest BCUT2D eigenvalue weighted by molar-refractivity contribution is 0.108. The molecule has 0 aromatic heterocycles. The monoisotopic (exact) mass is 238 g/mol. The van der Waals surface area contributed by atoms with Crippen molar-refractivity contribution >= 4 is 22.5 Å². The first-order chi connectivity index (χ1) is 7.68. The number of hydrogen-bond donors (Lipinski definition) is 1. The number of carbonyl (C=O) groups excluding carboxylic acids is 1. The predicted octanol–water partition coefficient (Wildman–Crippen LogP) is 1.86. The minimum Gasteiger partial charge on any atom is -0.366 e. The lowest BCUT2D eigenvalue weighted by atomic mass is 10.1. The minimum atomic E-state index is -0.403. The van der Waals surface area contributed by atoms with Gasteiger partial charge in [0, 0.05) is 36.9 Å². The summed E-state index contributed by atoms with van der Waals surface area (Å²) in [7, 11) is 0. The van der Waals surface area contributed by atoms with E-state index < -0.39 is 5.24 Å². The fraction of sp³-hybridized carbons (Fsp3) is 0.417. The third-order valence-corrected chi connectivity index (χ3v) is 3.15. The molecule has 1 atom stereocenters. The Hall–Kier alpha value is -1.06. The zero-order valence-corrected chi connectivity index (χ0v) is 10.00. The van der Waals surface area contributed by atoms with Gasteiger partial charge in [-0.1, -0.05) is 0 Å². The number of benzene rings is 1. The van der Waals surface area contributed by atoms with Gasteiger partial charge in [-0.2, -0.15) is 0 Å². The smallest absolute Gasteiger partial charge is 0.252 e. The SMILES string of the molecule is CC1CNCCN1c1ccc(C(=O)Cl)cc1. The Morgan fingerprint density at radius 3 is 2.69 bits per heavy atom. The highest BCUT2D eigenvalue weighted by atomic mass is 35.5. The zero-order valence-electron chi connectivity index (χ0n) is 9.24. The lowest BCUT2D eigenvalue weighted by Crippen LogP contribution is -2.49. The van der Waals surface area contributed by atoms with Gasteiger partial charge < -0.3 is 10.2 Å². The van der Waals surface area contributed by atoms with E-state index in [4.69, 9.17) is 11.6 Å². The summed E-state index contributed by atoms with van der Waals surface area (Å²) in [4.78, 5) is 13.3. The maximum Gasteiger partial charge on any atom is 0.252 e. The molecule has 1 N–H and O–H groups in total. The van der Waals surface area contributed by atoms with E-state index in [1.165, 1.54) is 0 Å². The van der Waals surface area contributed by atoms with Crippen LogP contribution < -0.4 is 10.2 Å². The molecule has 1 aliphatic rings. The first-order valence-electron chi connectivity index (χ1n) is 5.46. The molecule has 0 amide bonds. The first kappa shape index (κ1) is 11.4. The molecule has 86 valence electrons. The summed E-state index contributed by atoms with van der Waals surface area (Å²) in [6.07, 6.45) is 0. The van der Waals surface area contributed by atoms with E-state index in [9.17, 15) is 4.79 Å². The summed E-state index contributed by atoms with van der Waals surface area (Å²) >= 11 is 5.41. The number of hydrogen-bond acceptors (Lipinski definition) is 3. The normalized spacial score (nSPS) is 20.9. The molecule has 1 heterocycles. The molecule has 1 saturated heterocycles. The van der Waals surface area contributed by atoms with Gasteiger partial charge in [0.1, 0.15) is 0 Å². The Morgan fingerprint density at radius 2 is 2.12 bits per heavy atom. The number of piperazine rings is 1. The number of carbonyl (C=O) groups is 1. The molecule has 16 heavy (non-hydrogen) atoms. The second-order valence-electron chi connectivity index (χ2n) is 4.07. The third-order valence-electron chi connectivity index (χ3n) is 2.93. The van der Waals surface area contributed by atoms with Crippen LogP contribution in [0.3, 0.4) is 0 Å². The maximum absolute atomic E-state index is 10.9. The van der Waals surface area contributed by atoms with Gasteiger partial charge in [0.05, 0.1) is 0 Å². The summed E-state index contributed by atoms with van der Waals surface area (Å²) < 4.78 is 0. The van der Waals surface area contributed by atoms with E-state index >= 15 is 0 Å². The minimum absolute atomic E-state index is 0.403. The van der Waals surface area contributed by atoms with E-state index in [0.717, 1.165) is 25.3 Å². The highest BCUT2D eigenvalue weighted by Gasteiger charge is 2.18. The molecule has 1 aromatic carbocycles. The van der Waals surface area contributed by atoms with Crippen molar-refractivity contribution in [3.8, 4) is 0 Å². The van der Waals surface area contributed by atoms with Crippen LogP contribution >= 0.6 is 11.6 Å². The van der Waals surface area contributed by atoms with Crippen molar-refractivity contribution in [2.45, 2.75) is 13.0 Å². The van der Waals surface area contributed by atoms with Gasteiger partial charge in [-0.05, 0) is 42.8 Å². The highest BCUT2D eigenvalue weighted by Crippen LogP contribution is 2.19. The summed E-state index contributed by atoms with van der Waals surface area (Å²) in [5.41, 5.74) is 1.70. The maximum atomic E-state index is 10.9. The third kappa shape index (κ3) is 2.36. The van der Waals surface area contributed by atoms with Gasteiger partial charge in [-0.3, -0.25) is 4.79 Å². The summed E-state index contributed by atoms with van der Waals surface area (Å²) in [5, 5.41) is 2.94. The largest absolute Gasteiger partial charge is 0.366 e. The molecule has 1 aromatic rings. The molecule has 0 spiro atoms. The Labute approximate surface area is 100 Å². The van der Waals surface area contributed by atoms with Gasteiger partial charge in [0.15, 0.2) is 0 Å². The molecule has 3 nitrogen and oxygen atoms in total. The Kier molecular flexibility index (Phi) is 3.46. The molecule has 1 aliphatic heterocycles. The number of anilines is 1. The van der Waals surface area contributed by atoms with Crippen LogP contribution in [-0.2, 0) is 0 Å². The Bertz CT molecular complexity index is 377. The second kappa shape index (κ2) is 4.85. The van der Waals surface area contributed by atoms with Crippen LogP contribution in [0.15, 0.2) is 24.3 Å². The van der Waals surface area contributed by atoms with Crippen molar-refractivity contribution in [2.24, 2.45) is 0 Å². The molecule has 0 aliphatic carbocycles. The van der Waals surface area contributed by atoms with E-state index in [2.05, 4.69) is 17.1 Å². The second-order valence-corrected chi connectivity index (χ2v) is 4.41. The van der Waals surface area contributed by atoms with Crippen molar-refractivity contribution in [3.63, 3.8) is 0 Å². The van der Waals surface area contributed by atoms with Crippen molar-refractivity contribution in [1.29, 1.82) is 0 Å². The van der Waals surface area contributed by atoms with Crippen LogP contribution in [0.1, 0.15) is 17.3 Å². The van der Waals surface area contributed by atoms with E-state index in [1.54, 1.807) is 12.1 Å². The van der Waals surface area contributed by atoms with Crippen molar-refractivity contribution in [3.05, 3.63) is 29.8 Å². The number of rotatable bonds is 2. The summed E-state index contributed by atoms with van der Waals surface area (Å²) in [5.74, 6) is 0. The average molecular weight is 239 g/mol. The van der Waals surface area contributed by atoms with Gasteiger partial charge in [-0.25, -0.2) is 0 Å². The molecular formula is C12H15ClN2O. The summed E-state index contributed by atoms with van der Waals surface area (Å²) in [6.45, 7) is 5.18.